The average molecular weight is 406 g/mol. The first-order chi connectivity index (χ1) is 14.7. The Kier molecular flexibility index (Phi) is 4.96. The summed E-state index contributed by atoms with van der Waals surface area (Å²) in [7, 11) is 0. The number of hydrogen-bond donors (Lipinski definition) is 0. The van der Waals surface area contributed by atoms with Crippen molar-refractivity contribution in [2.75, 3.05) is 0 Å². The van der Waals surface area contributed by atoms with E-state index < -0.39 is 0 Å². The Bertz CT molecular complexity index is 1150. The quantitative estimate of drug-likeness (QED) is 0.442. The lowest BCUT2D eigenvalue weighted by molar-refractivity contribution is 0.115. The Morgan fingerprint density at radius 2 is 1.93 bits per heavy atom. The molecule has 30 heavy (non-hydrogen) atoms. The fraction of sp³-hybridized carbons (Fsp3) is 0.273. The van der Waals surface area contributed by atoms with Gasteiger partial charge in [0.05, 0.1) is 11.8 Å². The van der Waals surface area contributed by atoms with Crippen LogP contribution >= 0.6 is 0 Å². The van der Waals surface area contributed by atoms with Crippen molar-refractivity contribution in [3.05, 3.63) is 66.4 Å². The van der Waals surface area contributed by atoms with Gasteiger partial charge in [-0.1, -0.05) is 17.3 Å². The number of rotatable bonds is 7. The molecular formula is C22H19FN4O3. The van der Waals surface area contributed by atoms with Gasteiger partial charge in [0.1, 0.15) is 11.9 Å². The highest BCUT2D eigenvalue weighted by atomic mass is 19.1. The van der Waals surface area contributed by atoms with Gasteiger partial charge in [0, 0.05) is 30.7 Å². The number of pyridine rings is 1. The summed E-state index contributed by atoms with van der Waals surface area (Å²) in [5.41, 5.74) is 1.17. The fourth-order valence-electron chi connectivity index (χ4n) is 3.17. The molecular weight excluding hydrogens is 387 g/mol. The summed E-state index contributed by atoms with van der Waals surface area (Å²) in [4.78, 5) is 12.9. The molecule has 0 amide bonds. The van der Waals surface area contributed by atoms with Gasteiger partial charge in [-0.05, 0) is 37.5 Å². The van der Waals surface area contributed by atoms with Gasteiger partial charge in [-0.3, -0.25) is 0 Å². The molecule has 0 atom stereocenters. The van der Waals surface area contributed by atoms with E-state index >= 15 is 0 Å². The molecule has 0 spiro atoms. The molecule has 152 valence electrons. The van der Waals surface area contributed by atoms with Crippen LogP contribution in [0.2, 0.25) is 0 Å². The van der Waals surface area contributed by atoms with E-state index in [-0.39, 0.29) is 11.9 Å². The van der Waals surface area contributed by atoms with E-state index in [9.17, 15) is 4.39 Å². The van der Waals surface area contributed by atoms with E-state index in [0.717, 1.165) is 18.4 Å². The van der Waals surface area contributed by atoms with Crippen molar-refractivity contribution in [3.63, 3.8) is 0 Å². The minimum Gasteiger partial charge on any atom is -0.474 e. The molecule has 0 unspecified atom stereocenters. The third-order valence-electron chi connectivity index (χ3n) is 5.05. The summed E-state index contributed by atoms with van der Waals surface area (Å²) < 4.78 is 30.7. The van der Waals surface area contributed by atoms with Crippen molar-refractivity contribution in [2.24, 2.45) is 0 Å². The second-order valence-electron chi connectivity index (χ2n) is 7.16. The van der Waals surface area contributed by atoms with E-state index in [4.69, 9.17) is 13.7 Å². The molecule has 0 bridgehead atoms. The summed E-state index contributed by atoms with van der Waals surface area (Å²) in [5.74, 6) is 2.04. The van der Waals surface area contributed by atoms with Crippen molar-refractivity contribution in [1.29, 1.82) is 0 Å². The van der Waals surface area contributed by atoms with Crippen molar-refractivity contribution < 1.29 is 18.1 Å². The number of hydrogen-bond acceptors (Lipinski definition) is 7. The van der Waals surface area contributed by atoms with Crippen molar-refractivity contribution in [2.45, 2.75) is 38.2 Å². The number of halogens is 1. The molecule has 3 heterocycles. The van der Waals surface area contributed by atoms with Crippen molar-refractivity contribution in [1.82, 2.24) is 20.1 Å². The van der Waals surface area contributed by atoms with E-state index in [1.165, 1.54) is 18.7 Å². The highest BCUT2D eigenvalue weighted by Crippen LogP contribution is 2.27. The SMILES string of the molecule is Fc1ccccc1-c1cnc(CCc2nc(-c3ccnc(OC4CCC4)c3)no2)o1. The summed E-state index contributed by atoms with van der Waals surface area (Å²) >= 11 is 0. The summed E-state index contributed by atoms with van der Waals surface area (Å²) in [6, 6.07) is 10.1. The molecule has 1 aliphatic rings. The molecule has 1 saturated carbocycles. The average Bonchev–Trinajstić information content (AvgIpc) is 3.39. The highest BCUT2D eigenvalue weighted by molar-refractivity contribution is 5.57. The van der Waals surface area contributed by atoms with Crippen molar-refractivity contribution >= 4 is 0 Å². The zero-order valence-corrected chi connectivity index (χ0v) is 16.1. The predicted octanol–water partition coefficient (Wildman–Crippen LogP) is 4.64. The maximum Gasteiger partial charge on any atom is 0.227 e. The van der Waals surface area contributed by atoms with Crippen LogP contribution in [0.15, 0.2) is 57.7 Å². The van der Waals surface area contributed by atoms with Crippen LogP contribution in [-0.2, 0) is 12.8 Å². The first kappa shape index (κ1) is 18.5. The van der Waals surface area contributed by atoms with Crippen LogP contribution in [0.25, 0.3) is 22.7 Å². The fourth-order valence-corrected chi connectivity index (χ4v) is 3.17. The Balaban J connectivity index is 1.24. The number of ether oxygens (including phenoxy) is 1. The van der Waals surface area contributed by atoms with Crippen LogP contribution in [0.4, 0.5) is 4.39 Å². The Morgan fingerprint density at radius 3 is 2.77 bits per heavy atom. The molecule has 0 radical (unpaired) electrons. The molecule has 5 rings (SSSR count). The van der Waals surface area contributed by atoms with Crippen LogP contribution in [-0.4, -0.2) is 26.2 Å². The van der Waals surface area contributed by atoms with E-state index in [1.54, 1.807) is 24.4 Å². The Labute approximate surface area is 171 Å². The molecule has 7 nitrogen and oxygen atoms in total. The van der Waals surface area contributed by atoms with Gasteiger partial charge >= 0.3 is 0 Å². The third-order valence-corrected chi connectivity index (χ3v) is 5.05. The predicted molar refractivity (Wildman–Crippen MR) is 105 cm³/mol. The molecule has 1 fully saturated rings. The highest BCUT2D eigenvalue weighted by Gasteiger charge is 2.20. The summed E-state index contributed by atoms with van der Waals surface area (Å²) in [6.45, 7) is 0. The maximum absolute atomic E-state index is 13.9. The minimum absolute atomic E-state index is 0.253. The molecule has 8 heteroatoms. The third kappa shape index (κ3) is 3.94. The van der Waals surface area contributed by atoms with Gasteiger partial charge in [-0.2, -0.15) is 4.98 Å². The smallest absolute Gasteiger partial charge is 0.227 e. The molecule has 0 aliphatic heterocycles. The van der Waals surface area contributed by atoms with Gasteiger partial charge < -0.3 is 13.7 Å². The lowest BCUT2D eigenvalue weighted by Crippen LogP contribution is -2.24. The molecule has 3 aromatic heterocycles. The minimum atomic E-state index is -0.347. The number of aryl methyl sites for hydroxylation is 2. The standard InChI is InChI=1S/C22H19FN4O3/c23-17-7-2-1-6-16(17)18-13-25-19(29-18)8-9-20-26-22(27-30-20)14-10-11-24-21(12-14)28-15-4-3-5-15/h1-2,6-7,10-13,15H,3-5,8-9H2. The first-order valence-corrected chi connectivity index (χ1v) is 9.90. The van der Waals surface area contributed by atoms with Gasteiger partial charge in [-0.25, -0.2) is 14.4 Å². The van der Waals surface area contributed by atoms with Crippen LogP contribution < -0.4 is 4.74 Å². The number of aromatic nitrogens is 4. The van der Waals surface area contributed by atoms with Crippen LogP contribution in [0.3, 0.4) is 0 Å². The monoisotopic (exact) mass is 406 g/mol. The molecule has 1 aromatic carbocycles. The first-order valence-electron chi connectivity index (χ1n) is 9.90. The topological polar surface area (TPSA) is 87.1 Å². The molecule has 0 saturated heterocycles. The number of nitrogens with zero attached hydrogens (tertiary/aromatic N) is 4. The zero-order valence-electron chi connectivity index (χ0n) is 16.1. The van der Waals surface area contributed by atoms with Crippen LogP contribution in [0.5, 0.6) is 5.88 Å². The molecule has 1 aliphatic carbocycles. The van der Waals surface area contributed by atoms with Gasteiger partial charge in [0.15, 0.2) is 11.7 Å². The maximum atomic E-state index is 13.9. The van der Waals surface area contributed by atoms with E-state index in [0.29, 0.717) is 47.7 Å². The second-order valence-corrected chi connectivity index (χ2v) is 7.16. The Morgan fingerprint density at radius 1 is 1.07 bits per heavy atom. The lowest BCUT2D eigenvalue weighted by Gasteiger charge is -2.25. The zero-order chi connectivity index (χ0) is 20.3. The lowest BCUT2D eigenvalue weighted by atomic mass is 9.96. The van der Waals surface area contributed by atoms with E-state index in [1.807, 2.05) is 12.1 Å². The van der Waals surface area contributed by atoms with Crippen LogP contribution in [0, 0.1) is 5.82 Å². The Hall–Kier alpha value is -3.55. The number of oxazole rings is 1. The van der Waals surface area contributed by atoms with E-state index in [2.05, 4.69) is 20.1 Å². The molecule has 0 N–H and O–H groups in total. The normalized spacial score (nSPS) is 13.9. The second kappa shape index (κ2) is 8.06. The van der Waals surface area contributed by atoms with Gasteiger partial charge in [0.25, 0.3) is 0 Å². The largest absolute Gasteiger partial charge is 0.474 e. The number of benzene rings is 1. The van der Waals surface area contributed by atoms with Crippen molar-refractivity contribution in [3.8, 4) is 28.6 Å². The summed E-state index contributed by atoms with van der Waals surface area (Å²) in [6.07, 6.45) is 7.71. The van der Waals surface area contributed by atoms with Gasteiger partial charge in [-0.15, -0.1) is 0 Å². The van der Waals surface area contributed by atoms with Gasteiger partial charge in [0.2, 0.25) is 17.6 Å². The van der Waals surface area contributed by atoms with Crippen LogP contribution in [0.1, 0.15) is 31.0 Å². The molecule has 4 aromatic rings. The summed E-state index contributed by atoms with van der Waals surface area (Å²) in [5, 5.41) is 4.05.